The zero-order valence-electron chi connectivity index (χ0n) is 12.2. The van der Waals surface area contributed by atoms with Crippen molar-refractivity contribution >= 4 is 0 Å². The van der Waals surface area contributed by atoms with Gasteiger partial charge in [0.2, 0.25) is 0 Å². The van der Waals surface area contributed by atoms with Crippen LogP contribution in [0.25, 0.3) is 0 Å². The molecule has 1 aromatic heterocycles. The van der Waals surface area contributed by atoms with Gasteiger partial charge in [0.05, 0.1) is 5.56 Å². The third-order valence-corrected chi connectivity index (χ3v) is 4.56. The van der Waals surface area contributed by atoms with E-state index in [1.807, 2.05) is 0 Å². The molecule has 1 heterocycles. The van der Waals surface area contributed by atoms with E-state index in [9.17, 15) is 9.90 Å². The van der Waals surface area contributed by atoms with Crippen LogP contribution in [0, 0.1) is 11.3 Å². The maximum absolute atomic E-state index is 12.1. The van der Waals surface area contributed by atoms with E-state index in [4.69, 9.17) is 0 Å². The molecule has 2 rings (SSSR count). The lowest BCUT2D eigenvalue weighted by molar-refractivity contribution is 0.200. The van der Waals surface area contributed by atoms with Crippen molar-refractivity contribution in [2.45, 2.75) is 46.5 Å². The molecule has 3 atom stereocenters. The summed E-state index contributed by atoms with van der Waals surface area (Å²) in [6.45, 7) is 8.66. The lowest BCUT2D eigenvalue weighted by Crippen LogP contribution is -2.34. The van der Waals surface area contributed by atoms with E-state index < -0.39 is 0 Å². The molecule has 0 saturated carbocycles. The van der Waals surface area contributed by atoms with Gasteiger partial charge in [-0.1, -0.05) is 32.4 Å². The standard InChI is InChI=1S/C16H23NO2/c1-5-16(4)9-10(2)8-11(3)14(16)13-12(18)6-7-17-15(13)19/h6-8,10,14H,5,9H2,1-4H3,(H2,17,18,19)/t10-,14-,16-/m0/s1. The van der Waals surface area contributed by atoms with E-state index in [1.54, 1.807) is 6.07 Å². The van der Waals surface area contributed by atoms with Crippen molar-refractivity contribution in [2.24, 2.45) is 11.3 Å². The van der Waals surface area contributed by atoms with Crippen molar-refractivity contribution in [1.29, 1.82) is 0 Å². The number of H-pyrrole nitrogens is 1. The van der Waals surface area contributed by atoms with Gasteiger partial charge in [0.1, 0.15) is 5.75 Å². The fourth-order valence-corrected chi connectivity index (χ4v) is 3.69. The Balaban J connectivity index is 2.64. The first-order valence-corrected chi connectivity index (χ1v) is 6.98. The summed E-state index contributed by atoms with van der Waals surface area (Å²) in [5, 5.41) is 10.1. The number of pyridine rings is 1. The minimum atomic E-state index is -0.174. The summed E-state index contributed by atoms with van der Waals surface area (Å²) in [6, 6.07) is 1.57. The molecule has 0 bridgehead atoms. The summed E-state index contributed by atoms with van der Waals surface area (Å²) < 4.78 is 0. The Hall–Kier alpha value is -1.51. The van der Waals surface area contributed by atoms with Crippen LogP contribution < -0.4 is 5.56 Å². The predicted molar refractivity (Wildman–Crippen MR) is 77.4 cm³/mol. The highest BCUT2D eigenvalue weighted by Gasteiger charge is 2.41. The Labute approximate surface area is 114 Å². The molecule has 0 spiro atoms. The molecular formula is C16H23NO2. The van der Waals surface area contributed by atoms with Crippen LogP contribution in [0.15, 0.2) is 28.7 Å². The third-order valence-electron chi connectivity index (χ3n) is 4.56. The van der Waals surface area contributed by atoms with Crippen molar-refractivity contribution in [3.8, 4) is 5.75 Å². The normalized spacial score (nSPS) is 31.1. The molecule has 19 heavy (non-hydrogen) atoms. The van der Waals surface area contributed by atoms with Gasteiger partial charge in [0.25, 0.3) is 5.56 Å². The highest BCUT2D eigenvalue weighted by atomic mass is 16.3. The molecule has 0 fully saturated rings. The fraction of sp³-hybridized carbons (Fsp3) is 0.562. The number of nitrogens with one attached hydrogen (secondary N) is 1. The summed E-state index contributed by atoms with van der Waals surface area (Å²) in [5.41, 5.74) is 1.55. The smallest absolute Gasteiger partial charge is 0.255 e. The molecule has 1 aliphatic rings. The van der Waals surface area contributed by atoms with Crippen molar-refractivity contribution < 1.29 is 5.11 Å². The maximum atomic E-state index is 12.1. The van der Waals surface area contributed by atoms with Gasteiger partial charge < -0.3 is 10.1 Å². The second-order valence-corrected chi connectivity index (χ2v) is 6.14. The molecule has 0 radical (unpaired) electrons. The van der Waals surface area contributed by atoms with E-state index >= 15 is 0 Å². The number of hydrogen-bond acceptors (Lipinski definition) is 2. The van der Waals surface area contributed by atoms with Gasteiger partial charge in [-0.3, -0.25) is 4.79 Å². The number of rotatable bonds is 2. The van der Waals surface area contributed by atoms with E-state index in [0.29, 0.717) is 11.5 Å². The molecule has 2 N–H and O–H groups in total. The van der Waals surface area contributed by atoms with Crippen LogP contribution in [0.1, 0.15) is 52.0 Å². The van der Waals surface area contributed by atoms with Crippen LogP contribution in [0.5, 0.6) is 5.75 Å². The van der Waals surface area contributed by atoms with Crippen LogP contribution in [0.2, 0.25) is 0 Å². The van der Waals surface area contributed by atoms with Crippen molar-refractivity contribution in [3.63, 3.8) is 0 Å². The van der Waals surface area contributed by atoms with Gasteiger partial charge in [0, 0.05) is 12.1 Å². The minimum Gasteiger partial charge on any atom is -0.507 e. The summed E-state index contributed by atoms with van der Waals surface area (Å²) in [4.78, 5) is 14.8. The third kappa shape index (κ3) is 2.34. The molecule has 0 aliphatic heterocycles. The van der Waals surface area contributed by atoms with Crippen LogP contribution in [0.4, 0.5) is 0 Å². The van der Waals surface area contributed by atoms with E-state index in [-0.39, 0.29) is 22.6 Å². The summed E-state index contributed by atoms with van der Waals surface area (Å²) in [7, 11) is 0. The van der Waals surface area contributed by atoms with Gasteiger partial charge in [-0.25, -0.2) is 0 Å². The lowest BCUT2D eigenvalue weighted by Gasteiger charge is -2.43. The molecule has 104 valence electrons. The zero-order valence-corrected chi connectivity index (χ0v) is 12.2. The second-order valence-electron chi connectivity index (χ2n) is 6.14. The molecular weight excluding hydrogens is 238 g/mol. The number of aromatic hydroxyl groups is 1. The van der Waals surface area contributed by atoms with Crippen LogP contribution >= 0.6 is 0 Å². The van der Waals surface area contributed by atoms with Crippen molar-refractivity contribution in [3.05, 3.63) is 39.8 Å². The molecule has 0 saturated heterocycles. The summed E-state index contributed by atoms with van der Waals surface area (Å²) >= 11 is 0. The molecule has 3 heteroatoms. The molecule has 0 amide bonds. The maximum Gasteiger partial charge on any atom is 0.255 e. The largest absolute Gasteiger partial charge is 0.507 e. The fourth-order valence-electron chi connectivity index (χ4n) is 3.69. The van der Waals surface area contributed by atoms with E-state index in [1.165, 1.54) is 11.8 Å². The highest BCUT2D eigenvalue weighted by molar-refractivity contribution is 5.40. The Morgan fingerprint density at radius 1 is 1.53 bits per heavy atom. The van der Waals surface area contributed by atoms with Crippen molar-refractivity contribution in [1.82, 2.24) is 4.98 Å². The first-order chi connectivity index (χ1) is 8.89. The van der Waals surface area contributed by atoms with Crippen LogP contribution in [0.3, 0.4) is 0 Å². The average Bonchev–Trinajstić information content (AvgIpc) is 2.32. The zero-order chi connectivity index (χ0) is 14.2. The molecule has 0 aromatic carbocycles. The van der Waals surface area contributed by atoms with Gasteiger partial charge in [-0.15, -0.1) is 0 Å². The van der Waals surface area contributed by atoms with Gasteiger partial charge in [-0.2, -0.15) is 0 Å². The van der Waals surface area contributed by atoms with Gasteiger partial charge in [-0.05, 0) is 37.2 Å². The Morgan fingerprint density at radius 3 is 2.79 bits per heavy atom. The SMILES string of the molecule is CC[C@@]1(C)C[C@@H](C)C=C(C)[C@H]1c1c(O)cc[nH]c1=O. The summed E-state index contributed by atoms with van der Waals surface area (Å²) in [6.07, 6.45) is 5.75. The van der Waals surface area contributed by atoms with Crippen LogP contribution in [-0.4, -0.2) is 10.1 Å². The minimum absolute atomic E-state index is 0.00125. The first kappa shape index (κ1) is 13.9. The average molecular weight is 261 g/mol. The lowest BCUT2D eigenvalue weighted by atomic mass is 9.61. The first-order valence-electron chi connectivity index (χ1n) is 6.98. The second kappa shape index (κ2) is 4.87. The Morgan fingerprint density at radius 2 is 2.21 bits per heavy atom. The summed E-state index contributed by atoms with van der Waals surface area (Å²) in [5.74, 6) is 0.625. The Kier molecular flexibility index (Phi) is 3.57. The topological polar surface area (TPSA) is 53.1 Å². The van der Waals surface area contributed by atoms with Crippen molar-refractivity contribution in [2.75, 3.05) is 0 Å². The van der Waals surface area contributed by atoms with Crippen LogP contribution in [-0.2, 0) is 0 Å². The quantitative estimate of drug-likeness (QED) is 0.800. The molecule has 0 unspecified atom stereocenters. The molecule has 1 aliphatic carbocycles. The number of aromatic amines is 1. The van der Waals surface area contributed by atoms with Gasteiger partial charge >= 0.3 is 0 Å². The molecule has 3 nitrogen and oxygen atoms in total. The van der Waals surface area contributed by atoms with Gasteiger partial charge in [0.15, 0.2) is 0 Å². The highest BCUT2D eigenvalue weighted by Crippen LogP contribution is 2.51. The number of hydrogen-bond donors (Lipinski definition) is 2. The number of aromatic nitrogens is 1. The predicted octanol–water partition coefficient (Wildman–Crippen LogP) is 3.57. The Bertz CT molecular complexity index is 558. The number of allylic oxidation sites excluding steroid dienone is 2. The monoisotopic (exact) mass is 261 g/mol. The van der Waals surface area contributed by atoms with E-state index in [2.05, 4.69) is 38.8 Å². The van der Waals surface area contributed by atoms with E-state index in [0.717, 1.165) is 12.8 Å². The molecule has 1 aromatic rings.